The van der Waals surface area contributed by atoms with Crippen molar-refractivity contribution in [1.82, 2.24) is 0 Å². The molecule has 0 atom stereocenters. The van der Waals surface area contributed by atoms with Gasteiger partial charge in [0.15, 0.2) is 5.96 Å². The van der Waals surface area contributed by atoms with Crippen molar-refractivity contribution >= 4 is 17.3 Å². The third kappa shape index (κ3) is 2.65. The Labute approximate surface area is 84.2 Å². The molecule has 0 fully saturated rings. The average molecular weight is 192 g/mol. The summed E-state index contributed by atoms with van der Waals surface area (Å²) in [5, 5.41) is 9.79. The number of rotatable bonds is 3. The van der Waals surface area contributed by atoms with Gasteiger partial charge < -0.3 is 16.0 Å². The molecule has 0 saturated heterocycles. The number of benzene rings is 1. The van der Waals surface area contributed by atoms with Gasteiger partial charge in [-0.2, -0.15) is 0 Å². The quantitative estimate of drug-likeness (QED) is 0.501. The van der Waals surface area contributed by atoms with Gasteiger partial charge in [0.25, 0.3) is 0 Å². The van der Waals surface area contributed by atoms with Crippen molar-refractivity contribution in [3.8, 4) is 0 Å². The van der Waals surface area contributed by atoms with Gasteiger partial charge in [-0.3, -0.25) is 5.41 Å². The first kappa shape index (κ1) is 10.4. The maximum atomic E-state index is 7.06. The molecule has 4 nitrogen and oxygen atoms in total. The van der Waals surface area contributed by atoms with Crippen LogP contribution in [-0.2, 0) is 0 Å². The normalized spacial score (nSPS) is 9.57. The highest BCUT2D eigenvalue weighted by Gasteiger charge is 1.97. The maximum absolute atomic E-state index is 7.06. The van der Waals surface area contributed by atoms with Crippen molar-refractivity contribution in [1.29, 1.82) is 5.41 Å². The monoisotopic (exact) mass is 192 g/mol. The topological polar surface area (TPSA) is 65.1 Å². The molecule has 1 rings (SSSR count). The summed E-state index contributed by atoms with van der Waals surface area (Å²) >= 11 is 0. The molecule has 0 aliphatic carbocycles. The molecule has 14 heavy (non-hydrogen) atoms. The molecule has 0 aromatic heterocycles. The van der Waals surface area contributed by atoms with Crippen LogP contribution < -0.4 is 16.0 Å². The highest BCUT2D eigenvalue weighted by Crippen LogP contribution is 2.15. The molecule has 0 bridgehead atoms. The SMILES string of the molecule is CCN(C)c1ccc(NC(=N)N)cc1. The first-order valence-electron chi connectivity index (χ1n) is 4.55. The second-order valence-electron chi connectivity index (χ2n) is 3.10. The molecule has 0 saturated carbocycles. The van der Waals surface area contributed by atoms with Gasteiger partial charge in [-0.15, -0.1) is 0 Å². The Bertz CT molecular complexity index is 304. The Hall–Kier alpha value is -1.71. The maximum Gasteiger partial charge on any atom is 0.190 e. The first-order valence-corrected chi connectivity index (χ1v) is 4.55. The van der Waals surface area contributed by atoms with Crippen molar-refractivity contribution in [3.05, 3.63) is 24.3 Å². The zero-order valence-corrected chi connectivity index (χ0v) is 8.54. The average Bonchev–Trinajstić information content (AvgIpc) is 2.17. The largest absolute Gasteiger partial charge is 0.375 e. The van der Waals surface area contributed by atoms with E-state index in [0.29, 0.717) is 0 Å². The number of nitrogens with two attached hydrogens (primary N) is 1. The van der Waals surface area contributed by atoms with Gasteiger partial charge in [0.05, 0.1) is 0 Å². The van der Waals surface area contributed by atoms with Crippen LogP contribution in [0.15, 0.2) is 24.3 Å². The molecule has 0 spiro atoms. The minimum absolute atomic E-state index is 0.0402. The minimum atomic E-state index is -0.0402. The van der Waals surface area contributed by atoms with Gasteiger partial charge in [-0.05, 0) is 31.2 Å². The highest BCUT2D eigenvalue weighted by atomic mass is 15.1. The third-order valence-corrected chi connectivity index (χ3v) is 2.06. The Morgan fingerprint density at radius 2 is 2.00 bits per heavy atom. The zero-order chi connectivity index (χ0) is 10.6. The lowest BCUT2D eigenvalue weighted by Gasteiger charge is -2.16. The highest BCUT2D eigenvalue weighted by molar-refractivity contribution is 5.89. The molecule has 0 aliphatic rings. The van der Waals surface area contributed by atoms with E-state index in [1.165, 1.54) is 0 Å². The van der Waals surface area contributed by atoms with E-state index < -0.39 is 0 Å². The second kappa shape index (κ2) is 4.50. The summed E-state index contributed by atoms with van der Waals surface area (Å²) in [6, 6.07) is 7.80. The van der Waals surface area contributed by atoms with Crippen molar-refractivity contribution in [2.24, 2.45) is 5.73 Å². The van der Waals surface area contributed by atoms with Crippen LogP contribution in [-0.4, -0.2) is 19.6 Å². The Balaban J connectivity index is 2.73. The van der Waals surface area contributed by atoms with Gasteiger partial charge in [-0.1, -0.05) is 0 Å². The minimum Gasteiger partial charge on any atom is -0.375 e. The van der Waals surface area contributed by atoms with Crippen molar-refractivity contribution in [3.63, 3.8) is 0 Å². The molecule has 1 aromatic carbocycles. The van der Waals surface area contributed by atoms with E-state index in [1.54, 1.807) is 0 Å². The predicted octanol–water partition coefficient (Wildman–Crippen LogP) is 1.45. The van der Waals surface area contributed by atoms with E-state index in [4.69, 9.17) is 11.1 Å². The van der Waals surface area contributed by atoms with Crippen LogP contribution in [0.25, 0.3) is 0 Å². The lowest BCUT2D eigenvalue weighted by atomic mass is 10.2. The molecular weight excluding hydrogens is 176 g/mol. The van der Waals surface area contributed by atoms with Crippen LogP contribution in [0.3, 0.4) is 0 Å². The van der Waals surface area contributed by atoms with Crippen LogP contribution in [0, 0.1) is 5.41 Å². The molecule has 0 heterocycles. The lowest BCUT2D eigenvalue weighted by molar-refractivity contribution is 0.968. The van der Waals surface area contributed by atoms with Gasteiger partial charge in [0.1, 0.15) is 0 Å². The number of anilines is 2. The van der Waals surface area contributed by atoms with E-state index in [2.05, 4.69) is 17.1 Å². The van der Waals surface area contributed by atoms with Crippen LogP contribution in [0.4, 0.5) is 11.4 Å². The number of hydrogen-bond acceptors (Lipinski definition) is 2. The predicted molar refractivity (Wildman–Crippen MR) is 60.9 cm³/mol. The summed E-state index contributed by atoms with van der Waals surface area (Å²) in [6.07, 6.45) is 0. The number of hydrogen-bond donors (Lipinski definition) is 3. The van der Waals surface area contributed by atoms with Gasteiger partial charge in [0.2, 0.25) is 0 Å². The molecule has 76 valence electrons. The fourth-order valence-electron chi connectivity index (χ4n) is 1.14. The standard InChI is InChI=1S/C10H16N4/c1-3-14(2)9-6-4-8(5-7-9)13-10(11)12/h4-7H,3H2,1-2H3,(H4,11,12,13). The van der Waals surface area contributed by atoms with Crippen LogP contribution in [0.2, 0.25) is 0 Å². The lowest BCUT2D eigenvalue weighted by Crippen LogP contribution is -2.20. The van der Waals surface area contributed by atoms with E-state index in [1.807, 2.05) is 31.3 Å². The summed E-state index contributed by atoms with van der Waals surface area (Å²) in [5.74, 6) is -0.0402. The first-order chi connectivity index (χ1) is 6.63. The van der Waals surface area contributed by atoms with Crippen molar-refractivity contribution < 1.29 is 0 Å². The Kier molecular flexibility index (Phi) is 3.34. The van der Waals surface area contributed by atoms with Gasteiger partial charge in [-0.25, -0.2) is 0 Å². The van der Waals surface area contributed by atoms with E-state index in [9.17, 15) is 0 Å². The van der Waals surface area contributed by atoms with E-state index in [0.717, 1.165) is 17.9 Å². The summed E-state index contributed by atoms with van der Waals surface area (Å²) in [4.78, 5) is 2.14. The molecular formula is C10H16N4. The molecule has 0 aliphatic heterocycles. The third-order valence-electron chi connectivity index (χ3n) is 2.06. The summed E-state index contributed by atoms with van der Waals surface area (Å²) in [7, 11) is 2.04. The van der Waals surface area contributed by atoms with E-state index >= 15 is 0 Å². The summed E-state index contributed by atoms with van der Waals surface area (Å²) in [5.41, 5.74) is 7.20. The molecule has 0 radical (unpaired) electrons. The van der Waals surface area contributed by atoms with Gasteiger partial charge >= 0.3 is 0 Å². The van der Waals surface area contributed by atoms with Crippen molar-refractivity contribution in [2.75, 3.05) is 23.8 Å². The molecule has 1 aromatic rings. The summed E-state index contributed by atoms with van der Waals surface area (Å²) in [6.45, 7) is 3.07. The van der Waals surface area contributed by atoms with Crippen LogP contribution >= 0.6 is 0 Å². The fourth-order valence-corrected chi connectivity index (χ4v) is 1.14. The molecule has 0 unspecified atom stereocenters. The van der Waals surface area contributed by atoms with Gasteiger partial charge in [0, 0.05) is 25.0 Å². The van der Waals surface area contributed by atoms with Crippen molar-refractivity contribution in [2.45, 2.75) is 6.92 Å². The van der Waals surface area contributed by atoms with E-state index in [-0.39, 0.29) is 5.96 Å². The zero-order valence-electron chi connectivity index (χ0n) is 8.54. The number of guanidine groups is 1. The number of nitrogens with zero attached hydrogens (tertiary/aromatic N) is 1. The second-order valence-corrected chi connectivity index (χ2v) is 3.10. The summed E-state index contributed by atoms with van der Waals surface area (Å²) < 4.78 is 0. The molecule has 4 heteroatoms. The van der Waals surface area contributed by atoms with Crippen LogP contribution in [0.5, 0.6) is 0 Å². The smallest absolute Gasteiger partial charge is 0.190 e. The molecule has 4 N–H and O–H groups in total. The Morgan fingerprint density at radius 3 is 2.43 bits per heavy atom. The van der Waals surface area contributed by atoms with Crippen LogP contribution in [0.1, 0.15) is 6.92 Å². The Morgan fingerprint density at radius 1 is 1.43 bits per heavy atom. The fraction of sp³-hybridized carbons (Fsp3) is 0.300. The number of nitrogens with one attached hydrogen (secondary N) is 2. The molecule has 0 amide bonds.